The van der Waals surface area contributed by atoms with Crippen molar-refractivity contribution in [3.8, 4) is 0 Å². The number of hydrogen-bond acceptors (Lipinski definition) is 2. The third-order valence-corrected chi connectivity index (χ3v) is 3.50. The molecular weight excluding hydrogens is 218 g/mol. The third-order valence-electron chi connectivity index (χ3n) is 3.50. The van der Waals surface area contributed by atoms with Crippen molar-refractivity contribution in [1.82, 2.24) is 0 Å². The van der Waals surface area contributed by atoms with E-state index >= 15 is 0 Å². The second-order valence-electron chi connectivity index (χ2n) is 4.34. The van der Waals surface area contributed by atoms with E-state index in [1.807, 2.05) is 0 Å². The molecule has 0 bridgehead atoms. The van der Waals surface area contributed by atoms with E-state index in [0.717, 1.165) is 0 Å². The van der Waals surface area contributed by atoms with Crippen LogP contribution in [0.2, 0.25) is 0 Å². The summed E-state index contributed by atoms with van der Waals surface area (Å²) in [7, 11) is 0. The molecule has 0 aromatic rings. The van der Waals surface area contributed by atoms with Crippen LogP contribution in [-0.2, 0) is 0 Å². The fraction of sp³-hybridized carbons (Fsp3) is 0.923. The maximum atomic E-state index is 8.44. The molecule has 4 heteroatoms. The fourth-order valence-corrected chi connectivity index (χ4v) is 2.02. The molecule has 0 amide bonds. The van der Waals surface area contributed by atoms with Crippen LogP contribution in [0, 0.1) is 0 Å². The van der Waals surface area contributed by atoms with Gasteiger partial charge in [0, 0.05) is 0 Å². The molecular formula is C13H29NO3. The predicted molar refractivity (Wildman–Crippen MR) is 68.9 cm³/mol. The lowest BCUT2D eigenvalue weighted by molar-refractivity contribution is -0.923. The number of unbranched alkanes of at least 4 members (excludes halogenated alkanes) is 3. The molecule has 4 nitrogen and oxygen atoms in total. The summed E-state index contributed by atoms with van der Waals surface area (Å²) in [6.07, 6.45) is 3.53. The van der Waals surface area contributed by atoms with Crippen molar-refractivity contribution in [1.29, 1.82) is 0 Å². The molecule has 0 spiro atoms. The predicted octanol–water partition coefficient (Wildman–Crippen LogP) is 2.33. The molecule has 0 rings (SSSR count). The van der Waals surface area contributed by atoms with Crippen LogP contribution in [0.25, 0.3) is 0 Å². The first-order chi connectivity index (χ1) is 7.97. The normalized spacial score (nSPS) is 10.6. The zero-order valence-corrected chi connectivity index (χ0v) is 11.9. The monoisotopic (exact) mass is 247 g/mol. The van der Waals surface area contributed by atoms with Gasteiger partial charge in [-0.15, -0.1) is 0 Å². The molecule has 0 saturated heterocycles. The van der Waals surface area contributed by atoms with E-state index in [1.54, 1.807) is 0 Å². The number of carbonyl (C=O) groups is 1. The number of hydrogen-bond donors (Lipinski definition) is 1. The molecule has 17 heavy (non-hydrogen) atoms. The lowest BCUT2D eigenvalue weighted by Crippen LogP contribution is -2.48. The van der Waals surface area contributed by atoms with E-state index in [0.29, 0.717) is 0 Å². The molecule has 0 aliphatic carbocycles. The van der Waals surface area contributed by atoms with E-state index in [1.165, 1.54) is 56.3 Å². The highest BCUT2D eigenvalue weighted by Crippen LogP contribution is 2.10. The standard InChI is InChI=1S/C12H28N.CH2O3/c1-5-9-10-11-12-13(6-2,7-3)8-4;2-1(3)4/h5-12H2,1-4H3;(H2,2,3,4)/q+1;/p-1. The molecule has 0 unspecified atom stereocenters. The van der Waals surface area contributed by atoms with Gasteiger partial charge in [-0.3, -0.25) is 0 Å². The van der Waals surface area contributed by atoms with Gasteiger partial charge in [0.15, 0.2) is 0 Å². The van der Waals surface area contributed by atoms with E-state index in [9.17, 15) is 0 Å². The quantitative estimate of drug-likeness (QED) is 0.529. The van der Waals surface area contributed by atoms with Gasteiger partial charge in [-0.1, -0.05) is 19.8 Å². The highest BCUT2D eigenvalue weighted by molar-refractivity contribution is 5.50. The van der Waals surface area contributed by atoms with Crippen molar-refractivity contribution in [2.45, 2.75) is 53.4 Å². The zero-order chi connectivity index (χ0) is 13.7. The first-order valence-electron chi connectivity index (χ1n) is 6.73. The summed E-state index contributed by atoms with van der Waals surface area (Å²) in [5, 5.41) is 15.3. The summed E-state index contributed by atoms with van der Waals surface area (Å²) in [5.41, 5.74) is 0. The van der Waals surface area contributed by atoms with Crippen LogP contribution in [0.3, 0.4) is 0 Å². The van der Waals surface area contributed by atoms with Crippen molar-refractivity contribution in [3.63, 3.8) is 0 Å². The van der Waals surface area contributed by atoms with Crippen molar-refractivity contribution in [2.24, 2.45) is 0 Å². The largest absolute Gasteiger partial charge is 0.565 e. The molecule has 0 aromatic carbocycles. The van der Waals surface area contributed by atoms with Gasteiger partial charge in [-0.2, -0.15) is 0 Å². The van der Waals surface area contributed by atoms with E-state index in [2.05, 4.69) is 27.7 Å². The number of quaternary nitrogens is 1. The fourth-order valence-electron chi connectivity index (χ4n) is 2.02. The first-order valence-corrected chi connectivity index (χ1v) is 6.73. The Kier molecular flexibility index (Phi) is 12.8. The van der Waals surface area contributed by atoms with Crippen LogP contribution >= 0.6 is 0 Å². The smallest absolute Gasteiger partial charge is 0.249 e. The minimum atomic E-state index is -2.08. The van der Waals surface area contributed by atoms with Crippen LogP contribution in [0.15, 0.2) is 0 Å². The molecule has 0 aliphatic rings. The summed E-state index contributed by atoms with van der Waals surface area (Å²) in [6, 6.07) is 0. The van der Waals surface area contributed by atoms with Crippen molar-refractivity contribution in [2.75, 3.05) is 26.2 Å². The first kappa shape index (κ1) is 18.6. The van der Waals surface area contributed by atoms with Gasteiger partial charge >= 0.3 is 0 Å². The SMILES string of the molecule is CCCCCC[N+](CC)(CC)CC.O=C([O-])O. The zero-order valence-electron chi connectivity index (χ0n) is 11.9. The minimum Gasteiger partial charge on any atom is -0.565 e. The van der Waals surface area contributed by atoms with Gasteiger partial charge in [0.1, 0.15) is 0 Å². The Morgan fingerprint density at radius 3 is 1.71 bits per heavy atom. The minimum absolute atomic E-state index is 1.30. The van der Waals surface area contributed by atoms with E-state index in [4.69, 9.17) is 15.0 Å². The number of rotatable bonds is 8. The summed E-state index contributed by atoms with van der Waals surface area (Å²) in [4.78, 5) is 8.44. The Bertz CT molecular complexity index is 167. The molecule has 0 aromatic heterocycles. The molecule has 0 aliphatic heterocycles. The van der Waals surface area contributed by atoms with Crippen molar-refractivity contribution >= 4 is 6.16 Å². The second-order valence-corrected chi connectivity index (χ2v) is 4.34. The maximum absolute atomic E-state index is 8.44. The average Bonchev–Trinajstić information content (AvgIpc) is 2.30. The Hall–Kier alpha value is -0.770. The van der Waals surface area contributed by atoms with E-state index in [-0.39, 0.29) is 0 Å². The van der Waals surface area contributed by atoms with Crippen molar-refractivity contribution in [3.05, 3.63) is 0 Å². The molecule has 0 atom stereocenters. The highest BCUT2D eigenvalue weighted by Gasteiger charge is 2.19. The molecule has 0 fully saturated rings. The molecule has 104 valence electrons. The topological polar surface area (TPSA) is 60.4 Å². The van der Waals surface area contributed by atoms with Crippen LogP contribution in [-0.4, -0.2) is 41.9 Å². The average molecular weight is 247 g/mol. The van der Waals surface area contributed by atoms with Crippen molar-refractivity contribution < 1.29 is 19.5 Å². The molecule has 0 radical (unpaired) electrons. The Morgan fingerprint density at radius 1 is 1.00 bits per heavy atom. The van der Waals surface area contributed by atoms with E-state index < -0.39 is 6.16 Å². The highest BCUT2D eigenvalue weighted by atomic mass is 16.6. The Balaban J connectivity index is 0. The summed E-state index contributed by atoms with van der Waals surface area (Å²) < 4.78 is 1.32. The van der Waals surface area contributed by atoms with Crippen LogP contribution in [0.5, 0.6) is 0 Å². The maximum Gasteiger partial charge on any atom is 0.249 e. The Morgan fingerprint density at radius 2 is 1.41 bits per heavy atom. The molecule has 1 N–H and O–H groups in total. The molecule has 0 heterocycles. The number of carboxylic acid groups (broad SMARTS) is 2. The van der Waals surface area contributed by atoms with Crippen LogP contribution in [0.4, 0.5) is 4.79 Å². The second kappa shape index (κ2) is 11.7. The summed E-state index contributed by atoms with van der Waals surface area (Å²) >= 11 is 0. The van der Waals surface area contributed by atoms with Crippen LogP contribution in [0.1, 0.15) is 53.4 Å². The summed E-state index contributed by atoms with van der Waals surface area (Å²) in [6.45, 7) is 14.6. The summed E-state index contributed by atoms with van der Waals surface area (Å²) in [5.74, 6) is 0. The number of nitrogens with zero attached hydrogens (tertiary/aromatic N) is 1. The van der Waals surface area contributed by atoms with Gasteiger partial charge in [0.25, 0.3) is 0 Å². The lowest BCUT2D eigenvalue weighted by atomic mass is 10.2. The lowest BCUT2D eigenvalue weighted by Gasteiger charge is -2.35. The molecule has 0 saturated carbocycles. The van der Waals surface area contributed by atoms with Gasteiger partial charge in [0.05, 0.1) is 26.2 Å². The van der Waals surface area contributed by atoms with Gasteiger partial charge < -0.3 is 19.5 Å². The van der Waals surface area contributed by atoms with Crippen LogP contribution < -0.4 is 5.11 Å². The van der Waals surface area contributed by atoms with Gasteiger partial charge in [-0.05, 0) is 33.6 Å². The van der Waals surface area contributed by atoms with Gasteiger partial charge in [-0.25, -0.2) is 0 Å². The third kappa shape index (κ3) is 11.5. The Labute approximate surface area is 106 Å². The van der Waals surface area contributed by atoms with Gasteiger partial charge in [0.2, 0.25) is 6.16 Å².